The van der Waals surface area contributed by atoms with Crippen LogP contribution in [-0.4, -0.2) is 19.8 Å². The van der Waals surface area contributed by atoms with Gasteiger partial charge in [-0.05, 0) is 25.2 Å². The van der Waals surface area contributed by atoms with Gasteiger partial charge in [0.2, 0.25) is 0 Å². The summed E-state index contributed by atoms with van der Waals surface area (Å²) in [5, 5.41) is 0. The Morgan fingerprint density at radius 2 is 2.00 bits per heavy atom. The fourth-order valence-electron chi connectivity index (χ4n) is 1.07. The molecule has 2 nitrogen and oxygen atoms in total. The van der Waals surface area contributed by atoms with Gasteiger partial charge in [0, 0.05) is 19.8 Å². The van der Waals surface area contributed by atoms with E-state index in [1.165, 1.54) is 6.42 Å². The SMILES string of the molecule is CCC(N)CCC(C)COC. The van der Waals surface area contributed by atoms with E-state index in [0.717, 1.165) is 19.4 Å². The first kappa shape index (κ1) is 10.9. The van der Waals surface area contributed by atoms with Gasteiger partial charge in [0.15, 0.2) is 0 Å². The van der Waals surface area contributed by atoms with Crippen LogP contribution in [0, 0.1) is 5.92 Å². The van der Waals surface area contributed by atoms with Crippen molar-refractivity contribution < 1.29 is 4.74 Å². The zero-order chi connectivity index (χ0) is 8.69. The predicted octanol–water partition coefficient (Wildman–Crippen LogP) is 1.79. The molecule has 0 aromatic heterocycles. The molecular weight excluding hydrogens is 138 g/mol. The maximum atomic E-state index is 5.78. The minimum Gasteiger partial charge on any atom is -0.384 e. The van der Waals surface area contributed by atoms with Crippen LogP contribution < -0.4 is 5.73 Å². The van der Waals surface area contributed by atoms with Crippen molar-refractivity contribution in [2.45, 2.75) is 39.2 Å². The van der Waals surface area contributed by atoms with Gasteiger partial charge in [-0.2, -0.15) is 0 Å². The number of nitrogens with two attached hydrogens (primary N) is 1. The lowest BCUT2D eigenvalue weighted by Crippen LogP contribution is -2.20. The molecule has 0 rings (SSSR count). The van der Waals surface area contributed by atoms with E-state index in [0.29, 0.717) is 12.0 Å². The first-order chi connectivity index (χ1) is 5.20. The molecule has 0 aromatic carbocycles. The summed E-state index contributed by atoms with van der Waals surface area (Å²) in [5.41, 5.74) is 5.78. The Morgan fingerprint density at radius 1 is 1.36 bits per heavy atom. The molecule has 2 atom stereocenters. The van der Waals surface area contributed by atoms with E-state index in [-0.39, 0.29) is 0 Å². The van der Waals surface area contributed by atoms with E-state index in [1.54, 1.807) is 7.11 Å². The first-order valence-corrected chi connectivity index (χ1v) is 4.45. The molecule has 0 saturated heterocycles. The summed E-state index contributed by atoms with van der Waals surface area (Å²) < 4.78 is 5.03. The fraction of sp³-hybridized carbons (Fsp3) is 1.00. The number of methoxy groups -OCH3 is 1. The third-order valence-electron chi connectivity index (χ3n) is 2.01. The Kier molecular flexibility index (Phi) is 6.57. The first-order valence-electron chi connectivity index (χ1n) is 4.45. The van der Waals surface area contributed by atoms with Crippen LogP contribution in [0.4, 0.5) is 0 Å². The molecule has 0 aliphatic heterocycles. The van der Waals surface area contributed by atoms with Gasteiger partial charge in [0.05, 0.1) is 0 Å². The number of hydrogen-bond donors (Lipinski definition) is 1. The molecule has 0 bridgehead atoms. The molecule has 0 heterocycles. The van der Waals surface area contributed by atoms with Crippen LogP contribution in [0.25, 0.3) is 0 Å². The topological polar surface area (TPSA) is 35.2 Å². The molecule has 2 heteroatoms. The van der Waals surface area contributed by atoms with Crippen molar-refractivity contribution in [2.24, 2.45) is 11.7 Å². The summed E-state index contributed by atoms with van der Waals surface area (Å²) in [6, 6.07) is 0.384. The lowest BCUT2D eigenvalue weighted by molar-refractivity contribution is 0.153. The van der Waals surface area contributed by atoms with E-state index in [9.17, 15) is 0 Å². The van der Waals surface area contributed by atoms with Gasteiger partial charge in [-0.1, -0.05) is 13.8 Å². The fourth-order valence-corrected chi connectivity index (χ4v) is 1.07. The number of rotatable bonds is 6. The molecular formula is C9H21NO. The third kappa shape index (κ3) is 6.32. The van der Waals surface area contributed by atoms with Crippen LogP contribution in [0.3, 0.4) is 0 Å². The van der Waals surface area contributed by atoms with Crippen molar-refractivity contribution in [3.8, 4) is 0 Å². The zero-order valence-corrected chi connectivity index (χ0v) is 7.97. The van der Waals surface area contributed by atoms with Crippen LogP contribution in [0.5, 0.6) is 0 Å². The van der Waals surface area contributed by atoms with Crippen molar-refractivity contribution in [3.63, 3.8) is 0 Å². The number of hydrogen-bond acceptors (Lipinski definition) is 2. The van der Waals surface area contributed by atoms with Gasteiger partial charge < -0.3 is 10.5 Å². The summed E-state index contributed by atoms with van der Waals surface area (Å²) in [7, 11) is 1.75. The standard InChI is InChI=1S/C9H21NO/c1-4-9(10)6-5-8(2)7-11-3/h8-9H,4-7,10H2,1-3H3. The van der Waals surface area contributed by atoms with E-state index >= 15 is 0 Å². The molecule has 0 aliphatic rings. The van der Waals surface area contributed by atoms with Gasteiger partial charge >= 0.3 is 0 Å². The highest BCUT2D eigenvalue weighted by Crippen LogP contribution is 2.08. The Labute approximate surface area is 70.1 Å². The molecule has 2 unspecified atom stereocenters. The lowest BCUT2D eigenvalue weighted by Gasteiger charge is -2.12. The predicted molar refractivity (Wildman–Crippen MR) is 48.5 cm³/mol. The highest BCUT2D eigenvalue weighted by atomic mass is 16.5. The van der Waals surface area contributed by atoms with Gasteiger partial charge in [-0.3, -0.25) is 0 Å². The average Bonchev–Trinajstić information content (AvgIpc) is 2.01. The van der Waals surface area contributed by atoms with Crippen LogP contribution in [0.1, 0.15) is 33.1 Å². The van der Waals surface area contributed by atoms with Crippen LogP contribution in [-0.2, 0) is 4.74 Å². The van der Waals surface area contributed by atoms with Gasteiger partial charge in [-0.25, -0.2) is 0 Å². The van der Waals surface area contributed by atoms with Gasteiger partial charge in [0.25, 0.3) is 0 Å². The molecule has 0 radical (unpaired) electrons. The minimum atomic E-state index is 0.384. The molecule has 0 amide bonds. The van der Waals surface area contributed by atoms with E-state index in [1.807, 2.05) is 0 Å². The van der Waals surface area contributed by atoms with Crippen molar-refractivity contribution in [2.75, 3.05) is 13.7 Å². The monoisotopic (exact) mass is 159 g/mol. The largest absolute Gasteiger partial charge is 0.384 e. The van der Waals surface area contributed by atoms with Crippen molar-refractivity contribution in [1.29, 1.82) is 0 Å². The number of ether oxygens (including phenoxy) is 1. The Hall–Kier alpha value is -0.0800. The van der Waals surface area contributed by atoms with E-state index in [2.05, 4.69) is 13.8 Å². The quantitative estimate of drug-likeness (QED) is 0.641. The molecule has 0 saturated carbocycles. The maximum Gasteiger partial charge on any atom is 0.0487 e. The molecule has 0 spiro atoms. The molecule has 2 N–H and O–H groups in total. The van der Waals surface area contributed by atoms with E-state index < -0.39 is 0 Å². The zero-order valence-electron chi connectivity index (χ0n) is 7.97. The normalized spacial score (nSPS) is 16.4. The molecule has 0 aliphatic carbocycles. The summed E-state index contributed by atoms with van der Waals surface area (Å²) >= 11 is 0. The summed E-state index contributed by atoms with van der Waals surface area (Å²) in [5.74, 6) is 0.651. The molecule has 11 heavy (non-hydrogen) atoms. The van der Waals surface area contributed by atoms with Gasteiger partial charge in [-0.15, -0.1) is 0 Å². The van der Waals surface area contributed by atoms with Crippen molar-refractivity contribution in [1.82, 2.24) is 0 Å². The highest BCUT2D eigenvalue weighted by Gasteiger charge is 2.04. The summed E-state index contributed by atoms with van der Waals surface area (Å²) in [4.78, 5) is 0. The Balaban J connectivity index is 3.22. The highest BCUT2D eigenvalue weighted by molar-refractivity contribution is 4.61. The molecule has 0 aromatic rings. The third-order valence-corrected chi connectivity index (χ3v) is 2.01. The smallest absolute Gasteiger partial charge is 0.0487 e. The summed E-state index contributed by atoms with van der Waals surface area (Å²) in [6.07, 6.45) is 3.39. The summed E-state index contributed by atoms with van der Waals surface area (Å²) in [6.45, 7) is 5.19. The van der Waals surface area contributed by atoms with E-state index in [4.69, 9.17) is 10.5 Å². The van der Waals surface area contributed by atoms with Crippen molar-refractivity contribution >= 4 is 0 Å². The second-order valence-electron chi connectivity index (χ2n) is 3.31. The molecule has 0 fully saturated rings. The molecule has 68 valence electrons. The maximum absolute atomic E-state index is 5.78. The van der Waals surface area contributed by atoms with Crippen LogP contribution in [0.2, 0.25) is 0 Å². The second kappa shape index (κ2) is 6.62. The average molecular weight is 159 g/mol. The lowest BCUT2D eigenvalue weighted by atomic mass is 10.0. The Bertz CT molecular complexity index is 85.6. The minimum absolute atomic E-state index is 0.384. The van der Waals surface area contributed by atoms with Crippen LogP contribution >= 0.6 is 0 Å². The van der Waals surface area contributed by atoms with Crippen LogP contribution in [0.15, 0.2) is 0 Å². The Morgan fingerprint density at radius 3 is 2.45 bits per heavy atom. The second-order valence-corrected chi connectivity index (χ2v) is 3.31. The van der Waals surface area contributed by atoms with Crippen molar-refractivity contribution in [3.05, 3.63) is 0 Å². The van der Waals surface area contributed by atoms with Gasteiger partial charge in [0.1, 0.15) is 0 Å².